The average Bonchev–Trinajstić information content (AvgIpc) is 2.84. The lowest BCUT2D eigenvalue weighted by atomic mass is 10.1. The summed E-state index contributed by atoms with van der Waals surface area (Å²) in [6.07, 6.45) is 0.833. The van der Waals surface area contributed by atoms with Gasteiger partial charge in [-0.1, -0.05) is 11.6 Å². The van der Waals surface area contributed by atoms with Crippen LogP contribution < -0.4 is 5.32 Å². The van der Waals surface area contributed by atoms with E-state index >= 15 is 0 Å². The summed E-state index contributed by atoms with van der Waals surface area (Å²) >= 11 is 11.5. The fourth-order valence-corrected chi connectivity index (χ4v) is 3.74. The minimum atomic E-state index is 0.258. The minimum absolute atomic E-state index is 0.258. The first-order valence-corrected chi connectivity index (χ1v) is 7.67. The van der Waals surface area contributed by atoms with E-state index in [0.717, 1.165) is 27.3 Å². The van der Waals surface area contributed by atoms with Gasteiger partial charge < -0.3 is 5.32 Å². The van der Waals surface area contributed by atoms with Gasteiger partial charge >= 0.3 is 0 Å². The monoisotopic (exact) mass is 347 g/mol. The number of hydrogen-bond donors (Lipinski definition) is 1. The van der Waals surface area contributed by atoms with Gasteiger partial charge in [-0.2, -0.15) is 5.10 Å². The molecule has 0 radical (unpaired) electrons. The van der Waals surface area contributed by atoms with Crippen molar-refractivity contribution >= 4 is 38.9 Å². The molecule has 0 spiro atoms. The first kappa shape index (κ1) is 14.1. The van der Waals surface area contributed by atoms with Crippen LogP contribution in [0.5, 0.6) is 0 Å². The number of thiophene rings is 1. The van der Waals surface area contributed by atoms with Crippen molar-refractivity contribution in [3.05, 3.63) is 37.2 Å². The fourth-order valence-electron chi connectivity index (χ4n) is 1.95. The van der Waals surface area contributed by atoms with Gasteiger partial charge in [-0.15, -0.1) is 11.3 Å². The van der Waals surface area contributed by atoms with E-state index in [1.165, 1.54) is 4.88 Å². The summed E-state index contributed by atoms with van der Waals surface area (Å²) in [6.45, 7) is 1.93. The molecule has 6 heteroatoms. The molecule has 0 aliphatic carbocycles. The van der Waals surface area contributed by atoms with E-state index in [0.29, 0.717) is 0 Å². The lowest BCUT2D eigenvalue weighted by Crippen LogP contribution is -2.19. The number of aromatic nitrogens is 2. The standard InChI is InChI=1S/C12H15BrClN3S/c1-7-12(14)10(17(3)16-7)5-9(15-2)11-4-8(13)6-18-11/h4,6,9,15H,5H2,1-3H3. The molecule has 0 aromatic carbocycles. The van der Waals surface area contributed by atoms with Crippen molar-refractivity contribution in [2.75, 3.05) is 7.05 Å². The molecule has 2 aromatic heterocycles. The topological polar surface area (TPSA) is 29.9 Å². The lowest BCUT2D eigenvalue weighted by Gasteiger charge is -2.14. The normalized spacial score (nSPS) is 12.9. The van der Waals surface area contributed by atoms with Gasteiger partial charge in [0.05, 0.1) is 16.4 Å². The van der Waals surface area contributed by atoms with E-state index < -0.39 is 0 Å². The predicted molar refractivity (Wildman–Crippen MR) is 80.5 cm³/mol. The van der Waals surface area contributed by atoms with Crippen LogP contribution in [0.4, 0.5) is 0 Å². The maximum Gasteiger partial charge on any atom is 0.0847 e. The first-order valence-electron chi connectivity index (χ1n) is 5.62. The molecule has 18 heavy (non-hydrogen) atoms. The third kappa shape index (κ3) is 2.79. The highest BCUT2D eigenvalue weighted by Crippen LogP contribution is 2.30. The van der Waals surface area contributed by atoms with Crippen molar-refractivity contribution in [2.24, 2.45) is 7.05 Å². The number of hydrogen-bond acceptors (Lipinski definition) is 3. The van der Waals surface area contributed by atoms with Crippen molar-refractivity contribution in [3.8, 4) is 0 Å². The SMILES string of the molecule is CNC(Cc1c(Cl)c(C)nn1C)c1cc(Br)cs1. The Bertz CT molecular complexity index is 550. The van der Waals surface area contributed by atoms with Crippen LogP contribution >= 0.6 is 38.9 Å². The zero-order valence-corrected chi connectivity index (χ0v) is 13.7. The Morgan fingerprint density at radius 3 is 2.78 bits per heavy atom. The maximum absolute atomic E-state index is 6.29. The molecule has 2 heterocycles. The quantitative estimate of drug-likeness (QED) is 0.913. The molecular weight excluding hydrogens is 334 g/mol. The Morgan fingerprint density at radius 2 is 2.33 bits per heavy atom. The lowest BCUT2D eigenvalue weighted by molar-refractivity contribution is 0.569. The molecule has 0 amide bonds. The highest BCUT2D eigenvalue weighted by molar-refractivity contribution is 9.10. The van der Waals surface area contributed by atoms with Crippen molar-refractivity contribution in [1.29, 1.82) is 0 Å². The van der Waals surface area contributed by atoms with Crippen LogP contribution in [0.15, 0.2) is 15.9 Å². The van der Waals surface area contributed by atoms with Crippen LogP contribution in [0.1, 0.15) is 22.3 Å². The fraction of sp³-hybridized carbons (Fsp3) is 0.417. The van der Waals surface area contributed by atoms with E-state index in [1.54, 1.807) is 11.3 Å². The van der Waals surface area contributed by atoms with Crippen molar-refractivity contribution < 1.29 is 0 Å². The molecule has 0 saturated carbocycles. The van der Waals surface area contributed by atoms with E-state index in [4.69, 9.17) is 11.6 Å². The maximum atomic E-state index is 6.29. The predicted octanol–water partition coefficient (Wildman–Crippen LogP) is 3.71. The molecule has 0 aliphatic heterocycles. The second-order valence-electron chi connectivity index (χ2n) is 4.18. The Hall–Kier alpha value is -0.360. The van der Waals surface area contributed by atoms with Gasteiger partial charge in [0.15, 0.2) is 0 Å². The summed E-state index contributed by atoms with van der Waals surface area (Å²) in [4.78, 5) is 1.29. The van der Waals surface area contributed by atoms with Gasteiger partial charge in [0, 0.05) is 34.2 Å². The molecule has 1 N–H and O–H groups in total. The van der Waals surface area contributed by atoms with Gasteiger partial charge in [0.25, 0.3) is 0 Å². The van der Waals surface area contributed by atoms with E-state index in [1.807, 2.05) is 25.7 Å². The smallest absolute Gasteiger partial charge is 0.0847 e. The number of rotatable bonds is 4. The van der Waals surface area contributed by atoms with Crippen LogP contribution in [0.3, 0.4) is 0 Å². The highest BCUT2D eigenvalue weighted by Gasteiger charge is 2.18. The van der Waals surface area contributed by atoms with Crippen molar-refractivity contribution in [1.82, 2.24) is 15.1 Å². The number of aryl methyl sites for hydroxylation is 2. The molecule has 3 nitrogen and oxygen atoms in total. The Labute approximate surface area is 124 Å². The first-order chi connectivity index (χ1) is 8.52. The third-order valence-corrected chi connectivity index (χ3v) is 5.24. The van der Waals surface area contributed by atoms with Crippen LogP contribution in [0, 0.1) is 6.92 Å². The molecule has 2 aromatic rings. The van der Waals surface area contributed by atoms with E-state index in [9.17, 15) is 0 Å². The van der Waals surface area contributed by atoms with Crippen LogP contribution in [0.2, 0.25) is 5.02 Å². The summed E-state index contributed by atoms with van der Waals surface area (Å²) in [6, 6.07) is 2.40. The molecule has 1 unspecified atom stereocenters. The molecule has 0 saturated heterocycles. The molecule has 0 aliphatic rings. The van der Waals surface area contributed by atoms with Gasteiger partial charge in [0.1, 0.15) is 0 Å². The number of nitrogens with one attached hydrogen (secondary N) is 1. The highest BCUT2D eigenvalue weighted by atomic mass is 79.9. The van der Waals surface area contributed by atoms with E-state index in [-0.39, 0.29) is 6.04 Å². The molecule has 1 atom stereocenters. The second-order valence-corrected chi connectivity index (χ2v) is 6.42. The average molecular weight is 349 g/mol. The minimum Gasteiger partial charge on any atom is -0.312 e. The number of nitrogens with zero attached hydrogens (tertiary/aromatic N) is 2. The molecular formula is C12H15BrClN3S. The van der Waals surface area contributed by atoms with Gasteiger partial charge in [0.2, 0.25) is 0 Å². The van der Waals surface area contributed by atoms with Crippen molar-refractivity contribution in [3.63, 3.8) is 0 Å². The van der Waals surface area contributed by atoms with E-state index in [2.05, 4.69) is 37.8 Å². The number of halogens is 2. The molecule has 0 fully saturated rings. The molecule has 98 valence electrons. The Kier molecular flexibility index (Phi) is 4.48. The van der Waals surface area contributed by atoms with Crippen molar-refractivity contribution in [2.45, 2.75) is 19.4 Å². The molecule has 0 bridgehead atoms. The van der Waals surface area contributed by atoms with Gasteiger partial charge in [-0.05, 0) is 36.0 Å². The number of likely N-dealkylation sites (N-methyl/N-ethyl adjacent to an activating group) is 1. The Balaban J connectivity index is 2.25. The summed E-state index contributed by atoms with van der Waals surface area (Å²) in [5, 5.41) is 10.5. The van der Waals surface area contributed by atoms with Crippen LogP contribution in [-0.4, -0.2) is 16.8 Å². The van der Waals surface area contributed by atoms with Crippen LogP contribution in [-0.2, 0) is 13.5 Å². The van der Waals surface area contributed by atoms with Crippen LogP contribution in [0.25, 0.3) is 0 Å². The Morgan fingerprint density at radius 1 is 1.61 bits per heavy atom. The summed E-state index contributed by atoms with van der Waals surface area (Å²) in [5.74, 6) is 0. The largest absolute Gasteiger partial charge is 0.312 e. The summed E-state index contributed by atoms with van der Waals surface area (Å²) in [5.41, 5.74) is 1.95. The zero-order valence-electron chi connectivity index (χ0n) is 10.5. The summed E-state index contributed by atoms with van der Waals surface area (Å²) < 4.78 is 2.99. The second kappa shape index (κ2) is 5.74. The third-order valence-electron chi connectivity index (χ3n) is 2.94. The van der Waals surface area contributed by atoms with Gasteiger partial charge in [-0.3, -0.25) is 4.68 Å². The van der Waals surface area contributed by atoms with Gasteiger partial charge in [-0.25, -0.2) is 0 Å². The summed E-state index contributed by atoms with van der Waals surface area (Å²) in [7, 11) is 3.90. The molecule has 2 rings (SSSR count). The zero-order chi connectivity index (χ0) is 13.3.